The molecule has 31 heavy (non-hydrogen) atoms. The molecule has 9 heteroatoms. The van der Waals surface area contributed by atoms with Gasteiger partial charge in [0.15, 0.2) is 0 Å². The third-order valence-corrected chi connectivity index (χ3v) is 5.13. The van der Waals surface area contributed by atoms with Crippen molar-refractivity contribution in [2.75, 3.05) is 17.2 Å². The summed E-state index contributed by atoms with van der Waals surface area (Å²) >= 11 is 0. The second-order valence-electron chi connectivity index (χ2n) is 8.20. The summed E-state index contributed by atoms with van der Waals surface area (Å²) in [6.07, 6.45) is 7.85. The molecule has 0 unspecified atom stereocenters. The molecule has 9 nitrogen and oxygen atoms in total. The first-order chi connectivity index (χ1) is 14.9. The number of carbonyl (C=O) groups is 1. The summed E-state index contributed by atoms with van der Waals surface area (Å²) in [7, 11) is 0. The lowest BCUT2D eigenvalue weighted by Gasteiger charge is -2.17. The molecule has 2 aromatic rings. The Labute approximate surface area is 181 Å². The van der Waals surface area contributed by atoms with Gasteiger partial charge >= 0.3 is 11.7 Å². The van der Waals surface area contributed by atoms with Crippen LogP contribution in [0, 0.1) is 16.0 Å². The fourth-order valence-electron chi connectivity index (χ4n) is 3.52. The van der Waals surface area contributed by atoms with Crippen LogP contribution in [0.1, 0.15) is 62.7 Å². The topological polar surface area (TPSA) is 119 Å². The lowest BCUT2D eigenvalue weighted by Crippen LogP contribution is -2.20. The van der Waals surface area contributed by atoms with Crippen LogP contribution in [0.2, 0.25) is 0 Å². The quantitative estimate of drug-likeness (QED) is 0.259. The van der Waals surface area contributed by atoms with Crippen LogP contribution in [0.15, 0.2) is 30.6 Å². The summed E-state index contributed by atoms with van der Waals surface area (Å²) in [5.74, 6) is 0.182. The summed E-state index contributed by atoms with van der Waals surface area (Å²) < 4.78 is 5.22. The molecule has 1 heterocycles. The first-order valence-corrected chi connectivity index (χ1v) is 10.7. The molecule has 0 aliphatic heterocycles. The first-order valence-electron chi connectivity index (χ1n) is 10.7. The lowest BCUT2D eigenvalue weighted by atomic mass is 10.1. The van der Waals surface area contributed by atoms with Gasteiger partial charge in [-0.05, 0) is 43.0 Å². The number of hydrogen-bond donors (Lipinski definition) is 2. The van der Waals surface area contributed by atoms with E-state index in [1.54, 1.807) is 24.3 Å². The third kappa shape index (κ3) is 6.37. The second kappa shape index (κ2) is 10.7. The van der Waals surface area contributed by atoms with E-state index in [0.29, 0.717) is 17.9 Å². The van der Waals surface area contributed by atoms with Crippen molar-refractivity contribution in [2.24, 2.45) is 5.92 Å². The normalized spacial score (nSPS) is 14.7. The van der Waals surface area contributed by atoms with Crippen LogP contribution < -0.4 is 10.6 Å². The summed E-state index contributed by atoms with van der Waals surface area (Å²) in [6.45, 7) is 4.28. The molecule has 0 atom stereocenters. The smallest absolute Gasteiger partial charge is 0.353 e. The van der Waals surface area contributed by atoms with Crippen LogP contribution in [0.25, 0.3) is 0 Å². The highest BCUT2D eigenvalue weighted by Crippen LogP contribution is 2.33. The van der Waals surface area contributed by atoms with E-state index in [1.165, 1.54) is 19.2 Å². The molecule has 0 radical (unpaired) electrons. The maximum absolute atomic E-state index is 12.1. The van der Waals surface area contributed by atoms with E-state index in [9.17, 15) is 14.9 Å². The molecule has 0 amide bonds. The van der Waals surface area contributed by atoms with Crippen molar-refractivity contribution in [3.05, 3.63) is 46.3 Å². The highest BCUT2D eigenvalue weighted by Gasteiger charge is 2.25. The Morgan fingerprint density at radius 3 is 2.39 bits per heavy atom. The minimum absolute atomic E-state index is 0.103. The monoisotopic (exact) mass is 427 g/mol. The van der Waals surface area contributed by atoms with E-state index in [0.717, 1.165) is 25.7 Å². The molecule has 0 saturated heterocycles. The molecule has 0 bridgehead atoms. The zero-order valence-electron chi connectivity index (χ0n) is 18.0. The van der Waals surface area contributed by atoms with Gasteiger partial charge < -0.3 is 15.4 Å². The number of nitrogens with one attached hydrogen (secondary N) is 2. The van der Waals surface area contributed by atoms with Crippen LogP contribution in [-0.2, 0) is 4.74 Å². The molecule has 1 aliphatic carbocycles. The molecule has 1 saturated carbocycles. The first kappa shape index (κ1) is 22.5. The molecular formula is C22H29N5O4. The molecule has 2 N–H and O–H groups in total. The van der Waals surface area contributed by atoms with Crippen LogP contribution in [-0.4, -0.2) is 33.5 Å². The van der Waals surface area contributed by atoms with Gasteiger partial charge in [-0.1, -0.05) is 39.5 Å². The number of nitrogens with zero attached hydrogens (tertiary/aromatic N) is 3. The average molecular weight is 428 g/mol. The predicted octanol–water partition coefficient (Wildman–Crippen LogP) is 5.08. The Morgan fingerprint density at radius 1 is 1.13 bits per heavy atom. The predicted molar refractivity (Wildman–Crippen MR) is 119 cm³/mol. The average Bonchev–Trinajstić information content (AvgIpc) is 3.01. The van der Waals surface area contributed by atoms with Gasteiger partial charge in [-0.3, -0.25) is 10.1 Å². The van der Waals surface area contributed by atoms with Crippen molar-refractivity contribution in [1.82, 2.24) is 9.97 Å². The van der Waals surface area contributed by atoms with Crippen molar-refractivity contribution in [1.29, 1.82) is 0 Å². The van der Waals surface area contributed by atoms with E-state index in [-0.39, 0.29) is 29.3 Å². The highest BCUT2D eigenvalue weighted by molar-refractivity contribution is 5.90. The summed E-state index contributed by atoms with van der Waals surface area (Å²) in [5.41, 5.74) is 0.800. The second-order valence-corrected chi connectivity index (χ2v) is 8.20. The minimum atomic E-state index is -0.473. The number of benzene rings is 1. The van der Waals surface area contributed by atoms with Gasteiger partial charge in [0.2, 0.25) is 11.6 Å². The molecule has 1 fully saturated rings. The van der Waals surface area contributed by atoms with Gasteiger partial charge in [-0.25, -0.2) is 14.8 Å². The molecule has 3 rings (SSSR count). The van der Waals surface area contributed by atoms with Gasteiger partial charge in [0, 0.05) is 11.7 Å². The van der Waals surface area contributed by atoms with Gasteiger partial charge in [-0.15, -0.1) is 0 Å². The maximum atomic E-state index is 12.1. The summed E-state index contributed by atoms with van der Waals surface area (Å²) in [6, 6.07) is 6.72. The van der Waals surface area contributed by atoms with Crippen molar-refractivity contribution in [3.8, 4) is 0 Å². The standard InChI is InChI=1S/C22H29N5O4/c1-15(2)13-31-22(28)16-9-11-18(12-10-16)26-21-19(27(29)30)20(23-14-24-21)25-17-7-5-3-4-6-8-17/h9-12,14-15,17H,3-8,13H2,1-2H3,(H2,23,24,25,26). The van der Waals surface area contributed by atoms with Crippen molar-refractivity contribution in [2.45, 2.75) is 58.4 Å². The van der Waals surface area contributed by atoms with Crippen molar-refractivity contribution >= 4 is 29.0 Å². The zero-order valence-corrected chi connectivity index (χ0v) is 18.0. The van der Waals surface area contributed by atoms with Crippen LogP contribution in [0.5, 0.6) is 0 Å². The fraction of sp³-hybridized carbons (Fsp3) is 0.500. The Hall–Kier alpha value is -3.23. The van der Waals surface area contributed by atoms with E-state index in [2.05, 4.69) is 20.6 Å². The van der Waals surface area contributed by atoms with Crippen molar-refractivity contribution < 1.29 is 14.5 Å². The van der Waals surface area contributed by atoms with Gasteiger partial charge in [0.25, 0.3) is 0 Å². The number of carbonyl (C=O) groups excluding carboxylic acids is 1. The van der Waals surface area contributed by atoms with E-state index < -0.39 is 10.9 Å². The van der Waals surface area contributed by atoms with Crippen LogP contribution >= 0.6 is 0 Å². The Bertz CT molecular complexity index is 893. The zero-order chi connectivity index (χ0) is 22.2. The number of rotatable bonds is 8. The number of nitro groups is 1. The van der Waals surface area contributed by atoms with E-state index in [4.69, 9.17) is 4.74 Å². The van der Waals surface area contributed by atoms with Crippen molar-refractivity contribution in [3.63, 3.8) is 0 Å². The van der Waals surface area contributed by atoms with Gasteiger partial charge in [-0.2, -0.15) is 0 Å². The molecule has 166 valence electrons. The minimum Gasteiger partial charge on any atom is -0.462 e. The van der Waals surface area contributed by atoms with Gasteiger partial charge in [0.05, 0.1) is 17.1 Å². The molecule has 1 aromatic heterocycles. The van der Waals surface area contributed by atoms with Crippen LogP contribution in [0.3, 0.4) is 0 Å². The lowest BCUT2D eigenvalue weighted by molar-refractivity contribution is -0.383. The van der Waals surface area contributed by atoms with Gasteiger partial charge in [0.1, 0.15) is 6.33 Å². The molecule has 0 spiro atoms. The van der Waals surface area contributed by atoms with E-state index >= 15 is 0 Å². The molecular weight excluding hydrogens is 398 g/mol. The Morgan fingerprint density at radius 2 is 1.77 bits per heavy atom. The third-order valence-electron chi connectivity index (χ3n) is 5.13. The SMILES string of the molecule is CC(C)COC(=O)c1ccc(Nc2ncnc(NC3CCCCCC3)c2[N+](=O)[O-])cc1. The Balaban J connectivity index is 1.75. The number of anilines is 3. The maximum Gasteiger partial charge on any atom is 0.353 e. The molecule has 1 aromatic carbocycles. The summed E-state index contributed by atoms with van der Waals surface area (Å²) in [4.78, 5) is 31.6. The van der Waals surface area contributed by atoms with Crippen LogP contribution in [0.4, 0.5) is 23.0 Å². The largest absolute Gasteiger partial charge is 0.462 e. The fourth-order valence-corrected chi connectivity index (χ4v) is 3.52. The highest BCUT2D eigenvalue weighted by atomic mass is 16.6. The van der Waals surface area contributed by atoms with E-state index in [1.807, 2.05) is 13.8 Å². The Kier molecular flexibility index (Phi) is 7.75. The number of hydrogen-bond acceptors (Lipinski definition) is 8. The summed E-state index contributed by atoms with van der Waals surface area (Å²) in [5, 5.41) is 18.0. The molecule has 1 aliphatic rings. The number of esters is 1. The number of aromatic nitrogens is 2. The number of ether oxygens (including phenoxy) is 1.